The van der Waals surface area contributed by atoms with Crippen LogP contribution >= 0.6 is 0 Å². The van der Waals surface area contributed by atoms with Crippen LogP contribution in [0.3, 0.4) is 0 Å². The molecule has 4 amide bonds. The maximum absolute atomic E-state index is 13.0. The highest BCUT2D eigenvalue weighted by molar-refractivity contribution is 5.92. The molecule has 8 heterocycles. The molecule has 0 spiro atoms. The monoisotopic (exact) mass is 1370 g/mol. The number of fused-ring (bicyclic) bond motifs is 4. The molecular formula is C85H82N12O6. The number of aliphatic hydroxyl groups excluding tert-OH is 2. The van der Waals surface area contributed by atoms with Crippen molar-refractivity contribution in [3.8, 4) is 45.0 Å². The van der Waals surface area contributed by atoms with E-state index < -0.39 is 12.2 Å². The van der Waals surface area contributed by atoms with Gasteiger partial charge in [-0.2, -0.15) is 20.4 Å². The van der Waals surface area contributed by atoms with Crippen LogP contribution in [0, 0.1) is 5.92 Å². The fourth-order valence-electron chi connectivity index (χ4n) is 14.1. The molecule has 18 nitrogen and oxygen atoms in total. The van der Waals surface area contributed by atoms with Crippen molar-refractivity contribution in [1.82, 2.24) is 60.4 Å². The van der Waals surface area contributed by atoms with Gasteiger partial charge in [-0.3, -0.25) is 39.6 Å². The van der Waals surface area contributed by atoms with Gasteiger partial charge in [0, 0.05) is 164 Å². The predicted molar refractivity (Wildman–Crippen MR) is 398 cm³/mol. The van der Waals surface area contributed by atoms with Gasteiger partial charge in [-0.15, -0.1) is 0 Å². The molecule has 8 aromatic carbocycles. The van der Waals surface area contributed by atoms with Crippen molar-refractivity contribution in [3.63, 3.8) is 0 Å². The number of benzene rings is 8. The molecule has 4 aliphatic heterocycles. The molecule has 518 valence electrons. The van der Waals surface area contributed by atoms with Gasteiger partial charge in [-0.05, 0) is 40.7 Å². The number of nitrogens with zero attached hydrogens (tertiary/aromatic N) is 8. The number of carbonyl (C=O) groups is 4. The topological polar surface area (TPSA) is 236 Å². The Morgan fingerprint density at radius 1 is 0.427 bits per heavy atom. The molecule has 1 saturated carbocycles. The van der Waals surface area contributed by atoms with E-state index in [-0.39, 0.29) is 30.1 Å². The summed E-state index contributed by atoms with van der Waals surface area (Å²) in [4.78, 5) is 58.5. The van der Waals surface area contributed by atoms with E-state index in [2.05, 4.69) is 77.2 Å². The van der Waals surface area contributed by atoms with Crippen molar-refractivity contribution in [2.45, 2.75) is 89.3 Å². The zero-order chi connectivity index (χ0) is 70.4. The van der Waals surface area contributed by atoms with E-state index in [4.69, 9.17) is 0 Å². The number of hydrogen-bond donors (Lipinski definition) is 6. The second kappa shape index (κ2) is 32.2. The van der Waals surface area contributed by atoms with E-state index in [0.29, 0.717) is 64.1 Å². The molecule has 1 fully saturated rings. The van der Waals surface area contributed by atoms with Gasteiger partial charge in [0.05, 0.1) is 35.3 Å². The maximum Gasteiger partial charge on any atom is 0.252 e. The summed E-state index contributed by atoms with van der Waals surface area (Å²) in [5.74, 6) is 0.612. The summed E-state index contributed by atoms with van der Waals surface area (Å²) in [5.41, 5.74) is 20.9. The Balaban J connectivity index is 0.000000116. The lowest BCUT2D eigenvalue weighted by Crippen LogP contribution is -2.42. The first-order valence-electron chi connectivity index (χ1n) is 35.4. The second-order valence-electron chi connectivity index (χ2n) is 26.6. The quantitative estimate of drug-likeness (QED) is 0.0563. The van der Waals surface area contributed by atoms with Crippen molar-refractivity contribution >= 4 is 29.7 Å². The normalized spacial score (nSPS) is 16.2. The largest absolute Gasteiger partial charge is 0.388 e. The zero-order valence-corrected chi connectivity index (χ0v) is 57.3. The molecule has 6 N–H and O–H groups in total. The van der Waals surface area contributed by atoms with E-state index in [1.807, 2.05) is 227 Å². The van der Waals surface area contributed by atoms with Crippen LogP contribution in [0.5, 0.6) is 0 Å². The average Bonchev–Trinajstić information content (AvgIpc) is 1.63. The van der Waals surface area contributed by atoms with Gasteiger partial charge in [0.15, 0.2) is 0 Å². The molecule has 0 radical (unpaired) electrons. The standard InChI is InChI=1S/C22H21N3O.2C21H21N3O2.C21H19N3O/c26-22(18-13-17(18)15-7-3-1-4-8-15)25-12-11-20-19(14-25)21(24-23-20)16-9-5-2-6-10-16;25-19(15-7-3-1-4-8-15)13-20(26)24-12-11-18-17(14-24)21(23-22-18)16-9-5-2-6-10-16;25-19(13-15-7-3-1-4-8-15)21(26)24-12-11-18-17(14-24)20(23-22-18)16-9-5-2-6-10-16;25-20(12-11-16-7-3-1-4-8-16)24-14-13-19-18(15-24)21(23-22-19)17-9-5-2-6-10-17/h1-10,17-18H,11-14H2,(H,23,24);2*1-10,19,25H,11-14H2,(H,22,23);1-12H,13-15H2,(H,22,23)/b;;;12-11+/t17-,18+;;;/m0.../s1. The first-order chi connectivity index (χ1) is 50.6. The van der Waals surface area contributed by atoms with E-state index in [9.17, 15) is 29.4 Å². The third-order valence-electron chi connectivity index (χ3n) is 19.9. The van der Waals surface area contributed by atoms with E-state index in [1.54, 1.807) is 11.0 Å². The SMILES string of the molecule is O=C(/C=C/c1ccccc1)N1CCc2[nH]nc(-c3ccccc3)c2C1.O=C(C(O)Cc1ccccc1)N1CCc2[nH]nc(-c3ccccc3)c2C1.O=C(CC(O)c1ccccc1)N1CCc2[nH]nc(-c3ccccc3)c2C1.O=C([C@@H]1C[C@H]1c1ccccc1)N1CCc2[nH]nc(-c3ccccc3)c2C1. The van der Waals surface area contributed by atoms with Crippen LogP contribution < -0.4 is 0 Å². The Bertz CT molecular complexity index is 4690. The van der Waals surface area contributed by atoms with Crippen LogP contribution in [-0.2, 0) is 77.5 Å². The van der Waals surface area contributed by atoms with Crippen LogP contribution in [0.15, 0.2) is 249 Å². The van der Waals surface area contributed by atoms with Crippen LogP contribution in [-0.4, -0.2) is 127 Å². The molecule has 2 unspecified atom stereocenters. The molecule has 0 saturated heterocycles. The van der Waals surface area contributed by atoms with Crippen molar-refractivity contribution in [2.75, 3.05) is 26.2 Å². The molecule has 17 rings (SSSR count). The number of carbonyl (C=O) groups excluding carboxylic acids is 4. The van der Waals surface area contributed by atoms with E-state index in [1.165, 1.54) is 16.8 Å². The van der Waals surface area contributed by atoms with Gasteiger partial charge in [-0.25, -0.2) is 0 Å². The number of aromatic amines is 4. The summed E-state index contributed by atoms with van der Waals surface area (Å²) in [7, 11) is 0. The summed E-state index contributed by atoms with van der Waals surface area (Å²) in [6.45, 7) is 4.97. The Morgan fingerprint density at radius 2 is 0.786 bits per heavy atom. The summed E-state index contributed by atoms with van der Waals surface area (Å²) < 4.78 is 0. The third kappa shape index (κ3) is 16.3. The molecule has 103 heavy (non-hydrogen) atoms. The lowest BCUT2D eigenvalue weighted by molar-refractivity contribution is -0.141. The number of nitrogens with one attached hydrogen (secondary N) is 4. The van der Waals surface area contributed by atoms with Crippen LogP contribution in [0.1, 0.15) is 92.1 Å². The van der Waals surface area contributed by atoms with Crippen LogP contribution in [0.4, 0.5) is 0 Å². The van der Waals surface area contributed by atoms with Crippen molar-refractivity contribution < 1.29 is 29.4 Å². The van der Waals surface area contributed by atoms with Crippen LogP contribution in [0.2, 0.25) is 0 Å². The van der Waals surface area contributed by atoms with Gasteiger partial charge in [0.1, 0.15) is 6.10 Å². The highest BCUT2D eigenvalue weighted by atomic mass is 16.3. The smallest absolute Gasteiger partial charge is 0.252 e. The number of aliphatic hydroxyl groups is 2. The highest BCUT2D eigenvalue weighted by Crippen LogP contribution is 2.49. The van der Waals surface area contributed by atoms with Gasteiger partial charge < -0.3 is 29.8 Å². The van der Waals surface area contributed by atoms with Crippen molar-refractivity contribution in [2.24, 2.45) is 5.92 Å². The third-order valence-corrected chi connectivity index (χ3v) is 19.9. The number of aromatic nitrogens is 8. The highest BCUT2D eigenvalue weighted by Gasteiger charge is 2.46. The number of rotatable bonds is 14. The molecule has 1 aliphatic carbocycles. The van der Waals surface area contributed by atoms with Crippen molar-refractivity contribution in [3.05, 3.63) is 316 Å². The molecular weight excluding hydrogens is 1290 g/mol. The fourth-order valence-corrected chi connectivity index (χ4v) is 14.1. The van der Waals surface area contributed by atoms with Crippen LogP contribution in [0.25, 0.3) is 51.1 Å². The van der Waals surface area contributed by atoms with E-state index >= 15 is 0 Å². The molecule has 5 aliphatic rings. The van der Waals surface area contributed by atoms with Gasteiger partial charge in [0.2, 0.25) is 17.7 Å². The van der Waals surface area contributed by atoms with Crippen molar-refractivity contribution in [1.29, 1.82) is 0 Å². The number of H-pyrrole nitrogens is 4. The lowest BCUT2D eigenvalue weighted by atomic mass is 10.00. The van der Waals surface area contributed by atoms with Gasteiger partial charge >= 0.3 is 0 Å². The van der Waals surface area contributed by atoms with E-state index in [0.717, 1.165) is 134 Å². The number of amides is 4. The fraction of sp³-hybridized carbons (Fsp3) is 0.224. The van der Waals surface area contributed by atoms with Gasteiger partial charge in [0.25, 0.3) is 5.91 Å². The Kier molecular flexibility index (Phi) is 21.3. The summed E-state index contributed by atoms with van der Waals surface area (Å²) >= 11 is 0. The molecule has 0 bridgehead atoms. The predicted octanol–water partition coefficient (Wildman–Crippen LogP) is 13.1. The maximum atomic E-state index is 13.0. The molecule has 18 heteroatoms. The second-order valence-corrected chi connectivity index (χ2v) is 26.6. The molecule has 4 aromatic heterocycles. The Labute approximate surface area is 598 Å². The summed E-state index contributed by atoms with van der Waals surface area (Å²) in [5, 5.41) is 51.2. The summed E-state index contributed by atoms with van der Waals surface area (Å²) in [6, 6.07) is 79.5. The lowest BCUT2D eigenvalue weighted by Gasteiger charge is -2.29. The minimum Gasteiger partial charge on any atom is -0.388 e. The Hall–Kier alpha value is -11.9. The minimum absolute atomic E-state index is 0.0350. The first-order valence-corrected chi connectivity index (χ1v) is 35.4. The number of hydrogen-bond acceptors (Lipinski definition) is 10. The first kappa shape index (κ1) is 68.3. The Morgan fingerprint density at radius 3 is 1.24 bits per heavy atom. The molecule has 12 aromatic rings. The average molecular weight is 1370 g/mol. The molecule has 4 atom stereocenters. The van der Waals surface area contributed by atoms with Gasteiger partial charge in [-0.1, -0.05) is 243 Å². The zero-order valence-electron chi connectivity index (χ0n) is 57.3. The minimum atomic E-state index is -1.02. The summed E-state index contributed by atoms with van der Waals surface area (Å²) in [6.07, 6.45) is 6.26.